The number of thiophene rings is 1. The zero-order chi connectivity index (χ0) is 10.7. The molecule has 0 aromatic carbocycles. The van der Waals surface area contributed by atoms with Crippen LogP contribution in [0.3, 0.4) is 0 Å². The number of halogens is 1. The highest BCUT2D eigenvalue weighted by Crippen LogP contribution is 2.23. The van der Waals surface area contributed by atoms with Gasteiger partial charge in [0.1, 0.15) is 0 Å². The molecule has 0 N–H and O–H groups in total. The standard InChI is InChI=1S/C10H11BrN2OS/c11-10-2-1-9(15-10)7-13-3-4-14-8(5-12)6-13/h1-2,8H,3-4,6-7H2. The first-order valence-corrected chi connectivity index (χ1v) is 6.36. The number of rotatable bonds is 2. The Hall–Kier alpha value is -0.410. The summed E-state index contributed by atoms with van der Waals surface area (Å²) in [5.41, 5.74) is 0. The zero-order valence-electron chi connectivity index (χ0n) is 8.15. The fourth-order valence-electron chi connectivity index (χ4n) is 1.58. The van der Waals surface area contributed by atoms with E-state index in [-0.39, 0.29) is 6.10 Å². The van der Waals surface area contributed by atoms with E-state index in [9.17, 15) is 0 Å². The molecule has 80 valence electrons. The minimum atomic E-state index is -0.262. The van der Waals surface area contributed by atoms with Crippen LogP contribution >= 0.6 is 27.3 Å². The summed E-state index contributed by atoms with van der Waals surface area (Å²) in [6.45, 7) is 3.20. The van der Waals surface area contributed by atoms with E-state index in [1.165, 1.54) is 4.88 Å². The third-order valence-electron chi connectivity index (χ3n) is 2.30. The smallest absolute Gasteiger partial charge is 0.156 e. The SMILES string of the molecule is N#CC1CN(Cc2ccc(Br)s2)CCO1. The third-order valence-corrected chi connectivity index (χ3v) is 3.91. The van der Waals surface area contributed by atoms with Gasteiger partial charge in [0.2, 0.25) is 0 Å². The van der Waals surface area contributed by atoms with E-state index >= 15 is 0 Å². The zero-order valence-corrected chi connectivity index (χ0v) is 10.6. The van der Waals surface area contributed by atoms with Crippen molar-refractivity contribution in [2.24, 2.45) is 0 Å². The molecule has 1 aliphatic rings. The van der Waals surface area contributed by atoms with Crippen molar-refractivity contribution in [1.29, 1.82) is 5.26 Å². The van der Waals surface area contributed by atoms with Gasteiger partial charge in [-0.15, -0.1) is 11.3 Å². The van der Waals surface area contributed by atoms with Crippen molar-refractivity contribution in [1.82, 2.24) is 4.90 Å². The summed E-state index contributed by atoms with van der Waals surface area (Å²) in [7, 11) is 0. The Morgan fingerprint density at radius 2 is 2.53 bits per heavy atom. The molecule has 15 heavy (non-hydrogen) atoms. The lowest BCUT2D eigenvalue weighted by Gasteiger charge is -2.29. The van der Waals surface area contributed by atoms with Crippen LogP contribution in [-0.4, -0.2) is 30.7 Å². The van der Waals surface area contributed by atoms with Crippen LogP contribution in [-0.2, 0) is 11.3 Å². The number of hydrogen-bond acceptors (Lipinski definition) is 4. The Morgan fingerprint density at radius 1 is 1.67 bits per heavy atom. The second-order valence-corrected chi connectivity index (χ2v) is 5.98. The van der Waals surface area contributed by atoms with E-state index in [1.54, 1.807) is 11.3 Å². The van der Waals surface area contributed by atoms with Gasteiger partial charge in [0.15, 0.2) is 6.10 Å². The first kappa shape index (κ1) is 11.1. The van der Waals surface area contributed by atoms with Gasteiger partial charge in [-0.3, -0.25) is 4.90 Å². The average molecular weight is 287 g/mol. The summed E-state index contributed by atoms with van der Waals surface area (Å²) in [5.74, 6) is 0. The maximum atomic E-state index is 8.77. The predicted molar refractivity (Wildman–Crippen MR) is 62.6 cm³/mol. The Kier molecular flexibility index (Phi) is 3.76. The highest BCUT2D eigenvalue weighted by Gasteiger charge is 2.20. The molecule has 0 bridgehead atoms. The molecule has 0 aliphatic carbocycles. The van der Waals surface area contributed by atoms with E-state index in [1.807, 2.05) is 0 Å². The number of morpholine rings is 1. The third kappa shape index (κ3) is 3.02. The monoisotopic (exact) mass is 286 g/mol. The van der Waals surface area contributed by atoms with E-state index in [0.29, 0.717) is 13.2 Å². The first-order valence-electron chi connectivity index (χ1n) is 4.76. The van der Waals surface area contributed by atoms with Crippen LogP contribution in [0.25, 0.3) is 0 Å². The minimum absolute atomic E-state index is 0.262. The summed E-state index contributed by atoms with van der Waals surface area (Å²) < 4.78 is 6.45. The molecule has 5 heteroatoms. The molecule has 1 aromatic heterocycles. The van der Waals surface area contributed by atoms with Gasteiger partial charge in [-0.1, -0.05) is 0 Å². The maximum Gasteiger partial charge on any atom is 0.156 e. The quantitative estimate of drug-likeness (QED) is 0.837. The van der Waals surface area contributed by atoms with Gasteiger partial charge in [0, 0.05) is 24.5 Å². The number of nitrogens with zero attached hydrogens (tertiary/aromatic N) is 2. The molecule has 0 radical (unpaired) electrons. The van der Waals surface area contributed by atoms with Crippen molar-refractivity contribution in [3.63, 3.8) is 0 Å². The van der Waals surface area contributed by atoms with Gasteiger partial charge < -0.3 is 4.74 Å². The minimum Gasteiger partial charge on any atom is -0.361 e. The highest BCUT2D eigenvalue weighted by atomic mass is 79.9. The van der Waals surface area contributed by atoms with E-state index < -0.39 is 0 Å². The van der Waals surface area contributed by atoms with E-state index in [4.69, 9.17) is 10.00 Å². The fraction of sp³-hybridized carbons (Fsp3) is 0.500. The van der Waals surface area contributed by atoms with Gasteiger partial charge in [0.25, 0.3) is 0 Å². The van der Waals surface area contributed by atoms with E-state index in [0.717, 1.165) is 16.9 Å². The second-order valence-electron chi connectivity index (χ2n) is 3.43. The highest BCUT2D eigenvalue weighted by molar-refractivity contribution is 9.11. The van der Waals surface area contributed by atoms with Crippen molar-refractivity contribution in [3.05, 3.63) is 20.8 Å². The molecular formula is C10H11BrN2OS. The van der Waals surface area contributed by atoms with Crippen molar-refractivity contribution in [2.75, 3.05) is 19.7 Å². The van der Waals surface area contributed by atoms with Crippen molar-refractivity contribution < 1.29 is 4.74 Å². The Morgan fingerprint density at radius 3 is 3.20 bits per heavy atom. The Balaban J connectivity index is 1.92. The fourth-order valence-corrected chi connectivity index (χ4v) is 3.11. The molecule has 0 saturated carbocycles. The van der Waals surface area contributed by atoms with Crippen LogP contribution in [0.5, 0.6) is 0 Å². The van der Waals surface area contributed by atoms with Crippen LogP contribution in [0.1, 0.15) is 4.88 Å². The lowest BCUT2D eigenvalue weighted by molar-refractivity contribution is -0.00232. The van der Waals surface area contributed by atoms with Gasteiger partial charge >= 0.3 is 0 Å². The van der Waals surface area contributed by atoms with Crippen LogP contribution < -0.4 is 0 Å². The van der Waals surface area contributed by atoms with Crippen LogP contribution in [0.15, 0.2) is 15.9 Å². The molecule has 2 rings (SSSR count). The molecule has 1 aliphatic heterocycles. The first-order chi connectivity index (χ1) is 7.28. The molecule has 2 heterocycles. The largest absolute Gasteiger partial charge is 0.361 e. The van der Waals surface area contributed by atoms with Crippen LogP contribution in [0, 0.1) is 11.3 Å². The van der Waals surface area contributed by atoms with Gasteiger partial charge in [0.05, 0.1) is 16.5 Å². The van der Waals surface area contributed by atoms with Crippen molar-refractivity contribution in [2.45, 2.75) is 12.6 Å². The van der Waals surface area contributed by atoms with Gasteiger partial charge in [-0.25, -0.2) is 0 Å². The molecule has 0 spiro atoms. The summed E-state index contributed by atoms with van der Waals surface area (Å²) in [6.07, 6.45) is -0.262. The molecule has 1 saturated heterocycles. The molecular weight excluding hydrogens is 276 g/mol. The van der Waals surface area contributed by atoms with Gasteiger partial charge in [-0.05, 0) is 28.1 Å². The lowest BCUT2D eigenvalue weighted by Crippen LogP contribution is -2.41. The predicted octanol–water partition coefficient (Wildman–Crippen LogP) is 2.23. The number of ether oxygens (including phenoxy) is 1. The van der Waals surface area contributed by atoms with Crippen molar-refractivity contribution >= 4 is 27.3 Å². The Labute approximate surface area is 101 Å². The lowest BCUT2D eigenvalue weighted by atomic mass is 10.3. The normalized spacial score (nSPS) is 22.5. The van der Waals surface area contributed by atoms with E-state index in [2.05, 4.69) is 39.0 Å². The summed E-state index contributed by atoms with van der Waals surface area (Å²) in [6, 6.07) is 6.33. The van der Waals surface area contributed by atoms with Crippen molar-refractivity contribution in [3.8, 4) is 6.07 Å². The van der Waals surface area contributed by atoms with Crippen LogP contribution in [0.2, 0.25) is 0 Å². The summed E-state index contributed by atoms with van der Waals surface area (Å²) >= 11 is 5.19. The van der Waals surface area contributed by atoms with Crippen LogP contribution in [0.4, 0.5) is 0 Å². The average Bonchev–Trinajstić information content (AvgIpc) is 2.64. The molecule has 1 aromatic rings. The molecule has 3 nitrogen and oxygen atoms in total. The second kappa shape index (κ2) is 5.08. The molecule has 1 fully saturated rings. The molecule has 0 amide bonds. The number of hydrogen-bond donors (Lipinski definition) is 0. The number of nitriles is 1. The summed E-state index contributed by atoms with van der Waals surface area (Å²) in [4.78, 5) is 3.58. The van der Waals surface area contributed by atoms with Gasteiger partial charge in [-0.2, -0.15) is 5.26 Å². The summed E-state index contributed by atoms with van der Waals surface area (Å²) in [5, 5.41) is 8.77. The Bertz CT molecular complexity index is 374. The maximum absolute atomic E-state index is 8.77. The topological polar surface area (TPSA) is 36.3 Å². The molecule has 1 atom stereocenters. The molecule has 1 unspecified atom stereocenters.